The Balaban J connectivity index is 1.45. The van der Waals surface area contributed by atoms with Crippen LogP contribution in [-0.2, 0) is 4.74 Å². The number of hydrogen-bond donors (Lipinski definition) is 1. The number of piperidine rings is 1. The van der Waals surface area contributed by atoms with Gasteiger partial charge in [-0.3, -0.25) is 4.90 Å². The monoisotopic (exact) mass is 477 g/mol. The molecule has 10 nitrogen and oxygen atoms in total. The fourth-order valence-corrected chi connectivity index (χ4v) is 4.34. The van der Waals surface area contributed by atoms with Gasteiger partial charge in [-0.25, -0.2) is 9.48 Å². The SMILES string of the molecule is CC(C)(C)OC(=O)N1C2CC1CN(c1nc3c(OC(F)(F)CO)ccc(-n4cccn4)c3o1)C2. The van der Waals surface area contributed by atoms with E-state index in [2.05, 4.69) is 10.1 Å². The lowest BCUT2D eigenvalue weighted by Crippen LogP contribution is -2.70. The number of ether oxygens (including phenoxy) is 2. The molecule has 1 aromatic carbocycles. The largest absolute Gasteiger partial charge is 0.444 e. The topological polar surface area (TPSA) is 106 Å². The summed E-state index contributed by atoms with van der Waals surface area (Å²) in [4.78, 5) is 20.6. The minimum absolute atomic E-state index is 0.0661. The van der Waals surface area contributed by atoms with Gasteiger partial charge in [-0.1, -0.05) is 0 Å². The number of carbonyl (C=O) groups excluding carboxylic acids is 1. The summed E-state index contributed by atoms with van der Waals surface area (Å²) in [6.07, 6.45) is -0.0226. The van der Waals surface area contributed by atoms with Gasteiger partial charge in [0.15, 0.2) is 16.8 Å². The molecule has 3 aromatic rings. The molecule has 0 aliphatic carbocycles. The molecular weight excluding hydrogens is 452 g/mol. The Morgan fingerprint density at radius 2 is 2.00 bits per heavy atom. The number of halogens is 2. The predicted molar refractivity (Wildman–Crippen MR) is 116 cm³/mol. The Morgan fingerprint density at radius 3 is 2.62 bits per heavy atom. The molecule has 6 rings (SSSR count). The summed E-state index contributed by atoms with van der Waals surface area (Å²) in [5.41, 5.74) is 0.209. The maximum atomic E-state index is 13.8. The van der Waals surface area contributed by atoms with E-state index in [-0.39, 0.29) is 41.0 Å². The molecule has 0 saturated carbocycles. The Morgan fingerprint density at radius 1 is 1.26 bits per heavy atom. The van der Waals surface area contributed by atoms with E-state index in [1.54, 1.807) is 23.4 Å². The highest BCUT2D eigenvalue weighted by molar-refractivity contribution is 5.88. The zero-order chi connectivity index (χ0) is 24.3. The second-order valence-corrected chi connectivity index (χ2v) is 9.44. The van der Waals surface area contributed by atoms with E-state index in [9.17, 15) is 13.6 Å². The van der Waals surface area contributed by atoms with Crippen LogP contribution in [0.3, 0.4) is 0 Å². The first-order valence-corrected chi connectivity index (χ1v) is 10.9. The molecule has 1 N–H and O–H groups in total. The lowest BCUT2D eigenvalue weighted by Gasteiger charge is -2.55. The van der Waals surface area contributed by atoms with Crippen molar-refractivity contribution in [3.63, 3.8) is 0 Å². The number of alkyl halides is 2. The zero-order valence-electron chi connectivity index (χ0n) is 18.9. The Kier molecular flexibility index (Phi) is 5.15. The maximum Gasteiger partial charge on any atom is 0.421 e. The molecule has 2 bridgehead atoms. The third kappa shape index (κ3) is 4.02. The van der Waals surface area contributed by atoms with Gasteiger partial charge in [0.05, 0.1) is 12.1 Å². The average Bonchev–Trinajstić information content (AvgIpc) is 3.43. The highest BCUT2D eigenvalue weighted by atomic mass is 19.3. The van der Waals surface area contributed by atoms with E-state index in [0.717, 1.165) is 6.42 Å². The number of benzene rings is 1. The minimum Gasteiger partial charge on any atom is -0.444 e. The predicted octanol–water partition coefficient (Wildman–Crippen LogP) is 3.18. The molecule has 1 amide bonds. The molecular formula is C22H25F2N5O5. The van der Waals surface area contributed by atoms with Crippen LogP contribution in [0.5, 0.6) is 5.75 Å². The summed E-state index contributed by atoms with van der Waals surface area (Å²) in [7, 11) is 0. The fourth-order valence-electron chi connectivity index (χ4n) is 4.34. The van der Waals surface area contributed by atoms with E-state index in [1.165, 1.54) is 16.8 Å². The van der Waals surface area contributed by atoms with Crippen LogP contribution in [0.4, 0.5) is 19.6 Å². The second-order valence-electron chi connectivity index (χ2n) is 9.44. The number of carbonyl (C=O) groups is 1. The van der Waals surface area contributed by atoms with Crippen LogP contribution in [0, 0.1) is 0 Å². The number of piperazine rings is 1. The van der Waals surface area contributed by atoms with E-state index < -0.39 is 18.3 Å². The van der Waals surface area contributed by atoms with Crippen LogP contribution in [0.1, 0.15) is 27.2 Å². The molecule has 2 atom stereocenters. The number of rotatable bonds is 5. The number of fused-ring (bicyclic) bond motifs is 3. The van der Waals surface area contributed by atoms with Crippen molar-refractivity contribution in [2.75, 3.05) is 24.6 Å². The summed E-state index contributed by atoms with van der Waals surface area (Å²) in [5, 5.41) is 13.1. The molecule has 2 aromatic heterocycles. The normalized spacial score (nSPS) is 20.4. The number of oxazole rings is 1. The van der Waals surface area contributed by atoms with Gasteiger partial charge in [-0.15, -0.1) is 0 Å². The molecule has 2 unspecified atom stereocenters. The summed E-state index contributed by atoms with van der Waals surface area (Å²) in [5.74, 6) is -0.225. The van der Waals surface area contributed by atoms with Crippen molar-refractivity contribution in [1.29, 1.82) is 0 Å². The van der Waals surface area contributed by atoms with Crippen LogP contribution >= 0.6 is 0 Å². The molecule has 0 radical (unpaired) electrons. The van der Waals surface area contributed by atoms with Crippen molar-refractivity contribution in [2.24, 2.45) is 0 Å². The number of aliphatic hydroxyl groups excluding tert-OH is 1. The highest BCUT2D eigenvalue weighted by Crippen LogP contribution is 2.39. The number of aliphatic hydroxyl groups is 1. The van der Waals surface area contributed by atoms with Gasteiger partial charge in [0.2, 0.25) is 0 Å². The van der Waals surface area contributed by atoms with Gasteiger partial charge in [0.1, 0.15) is 17.9 Å². The Labute approximate surface area is 193 Å². The Hall–Kier alpha value is -3.41. The summed E-state index contributed by atoms with van der Waals surface area (Å²) >= 11 is 0. The standard InChI is InChI=1S/C22H25F2N5O5/c1-21(2,3)34-20(31)29-13-9-14(29)11-27(10-13)19-26-17-16(33-22(23,24)12-30)6-5-15(18(17)32-19)28-8-4-7-25-28/h4-8,13-14,30H,9-12H2,1-3H3. The van der Waals surface area contributed by atoms with Crippen molar-refractivity contribution >= 4 is 23.2 Å². The zero-order valence-corrected chi connectivity index (χ0v) is 18.9. The first kappa shape index (κ1) is 22.4. The van der Waals surface area contributed by atoms with Crippen LogP contribution in [0.25, 0.3) is 16.8 Å². The number of nitrogens with zero attached hydrogens (tertiary/aromatic N) is 5. The third-order valence-corrected chi connectivity index (χ3v) is 5.74. The highest BCUT2D eigenvalue weighted by Gasteiger charge is 2.49. The molecule has 12 heteroatoms. The second kappa shape index (κ2) is 7.83. The lowest BCUT2D eigenvalue weighted by molar-refractivity contribution is -0.200. The van der Waals surface area contributed by atoms with Crippen molar-refractivity contribution < 1.29 is 32.6 Å². The van der Waals surface area contributed by atoms with Crippen molar-refractivity contribution in [3.8, 4) is 11.4 Å². The number of aromatic nitrogens is 3. The van der Waals surface area contributed by atoms with Crippen molar-refractivity contribution in [3.05, 3.63) is 30.6 Å². The van der Waals surface area contributed by atoms with Gasteiger partial charge in [-0.05, 0) is 45.4 Å². The van der Waals surface area contributed by atoms with Gasteiger partial charge >= 0.3 is 12.2 Å². The van der Waals surface area contributed by atoms with Crippen LogP contribution in [0.15, 0.2) is 35.0 Å². The van der Waals surface area contributed by atoms with Crippen molar-refractivity contribution in [1.82, 2.24) is 19.7 Å². The van der Waals surface area contributed by atoms with E-state index in [1.807, 2.05) is 25.7 Å². The molecule has 5 heterocycles. The number of anilines is 1. The molecule has 0 spiro atoms. The van der Waals surface area contributed by atoms with Crippen molar-refractivity contribution in [2.45, 2.75) is 51.0 Å². The molecule has 3 aliphatic rings. The maximum absolute atomic E-state index is 13.8. The fraction of sp³-hybridized carbons (Fsp3) is 0.500. The first-order valence-electron chi connectivity index (χ1n) is 10.9. The van der Waals surface area contributed by atoms with E-state index >= 15 is 0 Å². The van der Waals surface area contributed by atoms with E-state index in [4.69, 9.17) is 19.0 Å². The molecule has 3 saturated heterocycles. The Bertz CT molecular complexity index is 1190. The minimum atomic E-state index is -3.78. The quantitative estimate of drug-likeness (QED) is 0.597. The summed E-state index contributed by atoms with van der Waals surface area (Å²) in [6.45, 7) is 4.91. The van der Waals surface area contributed by atoms with Gasteiger partial charge in [0.25, 0.3) is 6.01 Å². The van der Waals surface area contributed by atoms with Gasteiger partial charge in [-0.2, -0.15) is 18.9 Å². The van der Waals surface area contributed by atoms with Gasteiger partial charge in [0, 0.05) is 25.5 Å². The number of amides is 1. The lowest BCUT2D eigenvalue weighted by atomic mass is 9.88. The van der Waals surface area contributed by atoms with Crippen LogP contribution < -0.4 is 9.64 Å². The van der Waals surface area contributed by atoms with Crippen LogP contribution in [-0.4, -0.2) is 74.4 Å². The molecule has 3 fully saturated rings. The van der Waals surface area contributed by atoms with Gasteiger partial charge < -0.3 is 23.9 Å². The summed E-state index contributed by atoms with van der Waals surface area (Å²) in [6, 6.07) is 4.69. The first-order chi connectivity index (χ1) is 16.0. The summed E-state index contributed by atoms with van der Waals surface area (Å²) < 4.78 is 45.4. The average molecular weight is 477 g/mol. The third-order valence-electron chi connectivity index (χ3n) is 5.74. The molecule has 3 aliphatic heterocycles. The van der Waals surface area contributed by atoms with E-state index in [0.29, 0.717) is 18.8 Å². The molecule has 34 heavy (non-hydrogen) atoms. The molecule has 182 valence electrons. The number of hydrogen-bond acceptors (Lipinski definition) is 8. The smallest absolute Gasteiger partial charge is 0.421 e. The van der Waals surface area contributed by atoms with Crippen LogP contribution in [0.2, 0.25) is 0 Å².